The number of hydrogen-bond donors (Lipinski definition) is 2. The number of amidine groups is 1. The molecule has 0 aliphatic heterocycles. The van der Waals surface area contributed by atoms with Gasteiger partial charge in [0.1, 0.15) is 11.6 Å². The minimum absolute atomic E-state index is 0.0298. The number of hydrogen-bond acceptors (Lipinski definition) is 6. The Morgan fingerprint density at radius 3 is 2.14 bits per heavy atom. The number of oxime groups is 1. The van der Waals surface area contributed by atoms with E-state index in [1.54, 1.807) is 13.8 Å². The maximum absolute atomic E-state index is 13.8. The van der Waals surface area contributed by atoms with Gasteiger partial charge in [0, 0.05) is 12.0 Å². The predicted octanol–water partition coefficient (Wildman–Crippen LogP) is 4.57. The quantitative estimate of drug-likeness (QED) is 0.143. The molecule has 0 aliphatic carbocycles. The van der Waals surface area contributed by atoms with E-state index < -0.39 is 41.8 Å². The molecule has 0 saturated carbocycles. The van der Waals surface area contributed by atoms with Crippen LogP contribution in [-0.4, -0.2) is 50.1 Å². The smallest absolute Gasteiger partial charge is 0.461 e. The molecule has 0 fully saturated rings. The van der Waals surface area contributed by atoms with Crippen LogP contribution < -0.4 is 25.3 Å². The van der Waals surface area contributed by atoms with E-state index in [0.717, 1.165) is 17.4 Å². The number of rotatable bonds is 11. The Labute approximate surface area is 208 Å². The number of carbonyl (C=O) groups excluding carboxylic acids is 1. The van der Waals surface area contributed by atoms with Crippen molar-refractivity contribution < 1.29 is 50.2 Å². The fourth-order valence-corrected chi connectivity index (χ4v) is 3.00. The number of halogens is 6. The molecule has 2 rings (SSSR count). The summed E-state index contributed by atoms with van der Waals surface area (Å²) in [4.78, 5) is 16.4. The van der Waals surface area contributed by atoms with Crippen LogP contribution in [0.3, 0.4) is 0 Å². The molecular formula is C23H25F6N3O5. The van der Waals surface area contributed by atoms with Gasteiger partial charge in [-0.15, -0.1) is 0 Å². The lowest BCUT2D eigenvalue weighted by Gasteiger charge is -2.34. The largest absolute Gasteiger partial charge is 0.497 e. The minimum atomic E-state index is -6.18. The zero-order chi connectivity index (χ0) is 27.9. The van der Waals surface area contributed by atoms with E-state index >= 15 is 0 Å². The number of methoxy groups -OCH3 is 1. The maximum Gasteiger partial charge on any atom is 0.461 e. The van der Waals surface area contributed by atoms with Crippen LogP contribution in [0.5, 0.6) is 17.2 Å². The number of alkyl halides is 6. The molecule has 0 radical (unpaired) electrons. The monoisotopic (exact) mass is 537 g/mol. The van der Waals surface area contributed by atoms with Crippen molar-refractivity contribution in [2.45, 2.75) is 38.3 Å². The molecule has 14 heteroatoms. The lowest BCUT2D eigenvalue weighted by Crippen LogP contribution is -2.68. The third kappa shape index (κ3) is 7.11. The van der Waals surface area contributed by atoms with Gasteiger partial charge in [0.25, 0.3) is 5.91 Å². The first-order valence-electron chi connectivity index (χ1n) is 10.8. The molecule has 0 heterocycles. The number of nitrogens with zero attached hydrogens (tertiary/aromatic N) is 1. The van der Waals surface area contributed by atoms with E-state index in [2.05, 4.69) is 9.99 Å². The average Bonchev–Trinajstić information content (AvgIpc) is 2.82. The van der Waals surface area contributed by atoms with Gasteiger partial charge in [0.2, 0.25) is 0 Å². The highest BCUT2D eigenvalue weighted by Crippen LogP contribution is 2.44. The second-order valence-electron chi connectivity index (χ2n) is 7.36. The van der Waals surface area contributed by atoms with Crippen molar-refractivity contribution in [2.75, 3.05) is 20.3 Å². The molecule has 3 N–H and O–H groups in total. The molecule has 0 spiro atoms. The van der Waals surface area contributed by atoms with E-state index in [4.69, 9.17) is 19.9 Å². The van der Waals surface area contributed by atoms with Gasteiger partial charge in [-0.05, 0) is 49.7 Å². The number of ether oxygens (including phenoxy) is 3. The number of benzene rings is 2. The topological polar surface area (TPSA) is 104 Å². The third-order valence-corrected chi connectivity index (χ3v) is 4.71. The first-order chi connectivity index (χ1) is 17.3. The van der Waals surface area contributed by atoms with Crippen molar-refractivity contribution in [2.24, 2.45) is 10.9 Å². The first-order valence-corrected chi connectivity index (χ1v) is 10.8. The van der Waals surface area contributed by atoms with Crippen molar-refractivity contribution in [3.05, 3.63) is 53.6 Å². The molecule has 8 nitrogen and oxygen atoms in total. The molecule has 0 bridgehead atoms. The van der Waals surface area contributed by atoms with Crippen molar-refractivity contribution in [1.82, 2.24) is 5.32 Å². The summed E-state index contributed by atoms with van der Waals surface area (Å²) in [6.45, 7) is 4.05. The minimum Gasteiger partial charge on any atom is -0.497 e. The predicted molar refractivity (Wildman–Crippen MR) is 120 cm³/mol. The van der Waals surface area contributed by atoms with Crippen LogP contribution in [0.2, 0.25) is 0 Å². The Morgan fingerprint density at radius 1 is 0.946 bits per heavy atom. The van der Waals surface area contributed by atoms with Crippen molar-refractivity contribution in [3.63, 3.8) is 0 Å². The number of carbonyl (C=O) groups is 1. The molecule has 1 amide bonds. The summed E-state index contributed by atoms with van der Waals surface area (Å²) in [6, 6.07) is 8.92. The van der Waals surface area contributed by atoms with Gasteiger partial charge in [0.05, 0.1) is 20.3 Å². The lowest BCUT2D eigenvalue weighted by atomic mass is 10.1. The van der Waals surface area contributed by atoms with Gasteiger partial charge in [-0.1, -0.05) is 17.3 Å². The van der Waals surface area contributed by atoms with Crippen LogP contribution in [0.1, 0.15) is 29.8 Å². The summed E-state index contributed by atoms with van der Waals surface area (Å²) >= 11 is 0. The Morgan fingerprint density at radius 2 is 1.57 bits per heavy atom. The Hall–Kier alpha value is -3.84. The Bertz CT molecular complexity index is 1090. The molecule has 0 aliphatic rings. The van der Waals surface area contributed by atoms with Gasteiger partial charge in [-0.25, -0.2) is 0 Å². The highest BCUT2D eigenvalue weighted by atomic mass is 19.4. The fourth-order valence-electron chi connectivity index (χ4n) is 3.00. The van der Waals surface area contributed by atoms with Gasteiger partial charge in [-0.2, -0.15) is 26.3 Å². The van der Waals surface area contributed by atoms with E-state index in [1.165, 1.54) is 37.4 Å². The van der Waals surface area contributed by atoms with Crippen molar-refractivity contribution >= 4 is 11.7 Å². The zero-order valence-corrected chi connectivity index (χ0v) is 20.0. The molecule has 204 valence electrons. The third-order valence-electron chi connectivity index (χ3n) is 4.71. The zero-order valence-electron chi connectivity index (χ0n) is 20.0. The summed E-state index contributed by atoms with van der Waals surface area (Å²) < 4.78 is 98.5. The second-order valence-corrected chi connectivity index (χ2v) is 7.36. The van der Waals surface area contributed by atoms with Crippen LogP contribution >= 0.6 is 0 Å². The number of amides is 1. The molecule has 2 aromatic carbocycles. The fraction of sp³-hybridized carbons (Fsp3) is 0.391. The van der Waals surface area contributed by atoms with Crippen molar-refractivity contribution in [3.8, 4) is 17.2 Å². The molecular weight excluding hydrogens is 512 g/mol. The van der Waals surface area contributed by atoms with Crippen LogP contribution in [-0.2, 0) is 11.3 Å². The van der Waals surface area contributed by atoms with Crippen molar-refractivity contribution in [1.29, 1.82) is 0 Å². The van der Waals surface area contributed by atoms with E-state index in [0.29, 0.717) is 23.7 Å². The van der Waals surface area contributed by atoms with Crippen LogP contribution in [0, 0.1) is 0 Å². The van der Waals surface area contributed by atoms with Gasteiger partial charge < -0.3 is 24.8 Å². The van der Waals surface area contributed by atoms with Crippen LogP contribution in [0.15, 0.2) is 47.6 Å². The normalized spacial score (nSPS) is 12.6. The molecule has 0 atom stereocenters. The lowest BCUT2D eigenvalue weighted by molar-refractivity contribution is -0.388. The molecule has 0 unspecified atom stereocenters. The highest BCUT2D eigenvalue weighted by molar-refractivity contribution is 5.95. The summed E-state index contributed by atoms with van der Waals surface area (Å²) in [5.74, 6) is -1.77. The highest BCUT2D eigenvalue weighted by Gasteiger charge is 2.76. The molecule has 0 saturated heterocycles. The SMILES string of the molecule is CCOc1ccc(C/C(N)=N\OC(NC(=O)c2cccc(OC)c2)(C(F)(F)F)C(F)(F)F)cc1OCC. The summed E-state index contributed by atoms with van der Waals surface area (Å²) in [6.07, 6.45) is -12.8. The van der Waals surface area contributed by atoms with Gasteiger partial charge in [0.15, 0.2) is 11.5 Å². The molecule has 2 aromatic rings. The standard InChI is InChI=1S/C23H25F6N3O5/c1-4-35-17-10-9-14(11-18(17)36-5-2)12-19(30)32-37-21(22(24,25)26,23(27,28)29)31-20(33)15-7-6-8-16(13-15)34-3/h6-11,13H,4-5,12H2,1-3H3,(H2,30,32)(H,31,33). The van der Waals surface area contributed by atoms with E-state index in [-0.39, 0.29) is 12.4 Å². The van der Waals surface area contributed by atoms with E-state index in [1.807, 2.05) is 0 Å². The average molecular weight is 537 g/mol. The number of nitrogens with two attached hydrogens (primary N) is 1. The number of nitrogens with one attached hydrogen (secondary N) is 1. The summed E-state index contributed by atoms with van der Waals surface area (Å²) in [7, 11) is 1.20. The van der Waals surface area contributed by atoms with Crippen LogP contribution in [0.25, 0.3) is 0 Å². The Balaban J connectivity index is 2.38. The van der Waals surface area contributed by atoms with Crippen LogP contribution in [0.4, 0.5) is 26.3 Å². The Kier molecular flexibility index (Phi) is 9.48. The first kappa shape index (κ1) is 29.4. The van der Waals surface area contributed by atoms with Gasteiger partial charge in [-0.3, -0.25) is 10.1 Å². The maximum atomic E-state index is 13.8. The van der Waals surface area contributed by atoms with E-state index in [9.17, 15) is 31.1 Å². The molecule has 37 heavy (non-hydrogen) atoms. The summed E-state index contributed by atoms with van der Waals surface area (Å²) in [5.41, 5.74) is 0.184. The summed E-state index contributed by atoms with van der Waals surface area (Å²) in [5, 5.41) is 3.76. The van der Waals surface area contributed by atoms with Gasteiger partial charge >= 0.3 is 18.1 Å². The molecule has 0 aromatic heterocycles. The second kappa shape index (κ2) is 11.9.